The van der Waals surface area contributed by atoms with E-state index in [0.717, 1.165) is 25.0 Å². The molecule has 1 aromatic heterocycles. The number of aromatic nitrogens is 1. The summed E-state index contributed by atoms with van der Waals surface area (Å²) in [5.74, 6) is 0.531. The van der Waals surface area contributed by atoms with Crippen molar-refractivity contribution in [3.63, 3.8) is 0 Å². The van der Waals surface area contributed by atoms with Gasteiger partial charge in [0.2, 0.25) is 0 Å². The van der Waals surface area contributed by atoms with Crippen LogP contribution < -0.4 is 0 Å². The molecule has 3 rings (SSSR count). The van der Waals surface area contributed by atoms with Crippen molar-refractivity contribution in [3.8, 4) is 0 Å². The van der Waals surface area contributed by atoms with E-state index < -0.39 is 0 Å². The van der Waals surface area contributed by atoms with Crippen LogP contribution in [0.3, 0.4) is 0 Å². The highest BCUT2D eigenvalue weighted by Crippen LogP contribution is 2.36. The number of fused-ring (bicyclic) bond motifs is 1. The first kappa shape index (κ1) is 19.9. The molecule has 1 heteroatoms. The van der Waals surface area contributed by atoms with Gasteiger partial charge in [-0.05, 0) is 56.1 Å². The minimum absolute atomic E-state index is 0.531. The van der Waals surface area contributed by atoms with Gasteiger partial charge in [-0.25, -0.2) is 0 Å². The van der Waals surface area contributed by atoms with Crippen LogP contribution in [0.15, 0.2) is 79.1 Å². The first-order valence-corrected chi connectivity index (χ1v) is 9.65. The zero-order valence-corrected chi connectivity index (χ0v) is 16.4. The van der Waals surface area contributed by atoms with Gasteiger partial charge in [0.1, 0.15) is 0 Å². The largest absolute Gasteiger partial charge is 0.256 e. The number of rotatable bonds is 5. The van der Waals surface area contributed by atoms with Gasteiger partial charge in [0.05, 0.1) is 5.69 Å². The zero-order valence-electron chi connectivity index (χ0n) is 16.4. The lowest BCUT2D eigenvalue weighted by Crippen LogP contribution is -2.08. The molecule has 0 amide bonds. The molecule has 0 radical (unpaired) electrons. The molecule has 0 fully saturated rings. The van der Waals surface area contributed by atoms with Crippen LogP contribution in [0.25, 0.3) is 16.3 Å². The molecule has 0 aliphatic heterocycles. The van der Waals surface area contributed by atoms with E-state index in [-0.39, 0.29) is 0 Å². The molecule has 1 heterocycles. The molecular formula is C25H31N. The van der Waals surface area contributed by atoms with E-state index in [1.54, 1.807) is 0 Å². The molecule has 0 bridgehead atoms. The topological polar surface area (TPSA) is 12.9 Å². The van der Waals surface area contributed by atoms with Gasteiger partial charge in [-0.15, -0.1) is 6.58 Å². The highest BCUT2D eigenvalue weighted by Gasteiger charge is 2.20. The van der Waals surface area contributed by atoms with E-state index in [9.17, 15) is 0 Å². The molecule has 1 nitrogen and oxygen atoms in total. The smallest absolute Gasteiger partial charge is 0.0743 e. The second-order valence-electron chi connectivity index (χ2n) is 6.74. The zero-order chi connectivity index (χ0) is 18.8. The van der Waals surface area contributed by atoms with E-state index in [1.807, 2.05) is 12.3 Å². The molecule has 26 heavy (non-hydrogen) atoms. The summed E-state index contributed by atoms with van der Waals surface area (Å²) >= 11 is 0. The third-order valence-corrected chi connectivity index (χ3v) is 4.64. The Bertz CT molecular complexity index is 801. The molecule has 0 saturated heterocycles. The average molecular weight is 346 g/mol. The fourth-order valence-electron chi connectivity index (χ4n) is 3.22. The normalized spacial score (nSPS) is 16.7. The molecule has 2 aromatic rings. The Morgan fingerprint density at radius 2 is 2.04 bits per heavy atom. The first-order chi connectivity index (χ1) is 12.7. The van der Waals surface area contributed by atoms with Crippen molar-refractivity contribution in [2.45, 2.75) is 46.5 Å². The van der Waals surface area contributed by atoms with Crippen LogP contribution in [0, 0.1) is 5.92 Å². The van der Waals surface area contributed by atoms with Gasteiger partial charge in [0.15, 0.2) is 0 Å². The van der Waals surface area contributed by atoms with Crippen molar-refractivity contribution < 1.29 is 0 Å². The van der Waals surface area contributed by atoms with Gasteiger partial charge in [-0.1, -0.05) is 73.6 Å². The number of allylic oxidation sites excluding steroid dienone is 7. The van der Waals surface area contributed by atoms with E-state index >= 15 is 0 Å². The van der Waals surface area contributed by atoms with Crippen molar-refractivity contribution in [1.29, 1.82) is 0 Å². The van der Waals surface area contributed by atoms with Crippen molar-refractivity contribution in [2.75, 3.05) is 0 Å². The fourth-order valence-corrected chi connectivity index (χ4v) is 3.22. The van der Waals surface area contributed by atoms with Gasteiger partial charge in [-0.2, -0.15) is 0 Å². The van der Waals surface area contributed by atoms with Crippen LogP contribution in [-0.4, -0.2) is 4.98 Å². The number of hydrogen-bond donors (Lipinski definition) is 0. The number of hydrogen-bond acceptors (Lipinski definition) is 1. The van der Waals surface area contributed by atoms with E-state index in [0.29, 0.717) is 5.92 Å². The lowest BCUT2D eigenvalue weighted by Gasteiger charge is -2.22. The predicted octanol–water partition coefficient (Wildman–Crippen LogP) is 7.52. The Kier molecular flexibility index (Phi) is 8.08. The second kappa shape index (κ2) is 10.6. The van der Waals surface area contributed by atoms with Gasteiger partial charge >= 0.3 is 0 Å². The average Bonchev–Trinajstić information content (AvgIpc) is 2.68. The fraction of sp³-hybridized carbons (Fsp3) is 0.320. The summed E-state index contributed by atoms with van der Waals surface area (Å²) < 4.78 is 0. The summed E-state index contributed by atoms with van der Waals surface area (Å²) in [5.41, 5.74) is 3.87. The molecule has 0 spiro atoms. The van der Waals surface area contributed by atoms with Crippen LogP contribution in [0.1, 0.15) is 52.1 Å². The van der Waals surface area contributed by atoms with Crippen molar-refractivity contribution >= 4 is 16.3 Å². The highest BCUT2D eigenvalue weighted by atomic mass is 14.7. The van der Waals surface area contributed by atoms with E-state index in [1.165, 1.54) is 28.3 Å². The van der Waals surface area contributed by atoms with Crippen LogP contribution in [0.4, 0.5) is 0 Å². The number of nitrogens with zero attached hydrogens (tertiary/aromatic N) is 1. The number of benzene rings is 1. The maximum absolute atomic E-state index is 4.70. The van der Waals surface area contributed by atoms with Crippen LogP contribution >= 0.6 is 0 Å². The van der Waals surface area contributed by atoms with Crippen LogP contribution in [0.5, 0.6) is 0 Å². The molecule has 1 aliphatic carbocycles. The summed E-state index contributed by atoms with van der Waals surface area (Å²) in [4.78, 5) is 4.70. The third kappa shape index (κ3) is 5.29. The Balaban J connectivity index is 0.000000431. The minimum Gasteiger partial charge on any atom is -0.256 e. The summed E-state index contributed by atoms with van der Waals surface area (Å²) in [5, 5.41) is 2.52. The molecule has 1 aliphatic rings. The Morgan fingerprint density at radius 1 is 1.23 bits per heavy atom. The second-order valence-corrected chi connectivity index (χ2v) is 6.74. The van der Waals surface area contributed by atoms with Crippen molar-refractivity contribution in [2.24, 2.45) is 5.92 Å². The Hall–Kier alpha value is -2.41. The standard InChI is InChI=1S/C20H21N.C5H10/c1-3-4-7-16-11-10-15(2)14-19(16)20-18-9-6-5-8-17(18)12-13-21-20;1-3-5-4-2/h3-6,8-10,12-14,16H,7,11H2,1-2H3;3H,1,4-5H2,2H3. The maximum atomic E-state index is 4.70. The van der Waals surface area contributed by atoms with E-state index in [4.69, 9.17) is 4.98 Å². The van der Waals surface area contributed by atoms with Crippen molar-refractivity contribution in [3.05, 3.63) is 84.8 Å². The molecular weight excluding hydrogens is 314 g/mol. The summed E-state index contributed by atoms with van der Waals surface area (Å²) in [6.45, 7) is 9.96. The quantitative estimate of drug-likeness (QED) is 0.510. The highest BCUT2D eigenvalue weighted by molar-refractivity contribution is 5.93. The molecule has 1 aromatic carbocycles. The summed E-state index contributed by atoms with van der Waals surface area (Å²) in [7, 11) is 0. The monoisotopic (exact) mass is 345 g/mol. The predicted molar refractivity (Wildman–Crippen MR) is 116 cm³/mol. The Morgan fingerprint density at radius 3 is 2.73 bits per heavy atom. The van der Waals surface area contributed by atoms with Crippen molar-refractivity contribution in [1.82, 2.24) is 4.98 Å². The van der Waals surface area contributed by atoms with Gasteiger partial charge < -0.3 is 0 Å². The number of unbranched alkanes of at least 4 members (excludes halogenated alkanes) is 1. The summed E-state index contributed by atoms with van der Waals surface area (Å²) in [6, 6.07) is 10.6. The van der Waals surface area contributed by atoms with Gasteiger partial charge in [0.25, 0.3) is 0 Å². The SMILES string of the molecule is C=CCCC.CC=CCC1CC=C(C)C=C1c1nccc2ccccc12. The summed E-state index contributed by atoms with van der Waals surface area (Å²) in [6.07, 6.45) is 17.5. The molecule has 1 atom stereocenters. The molecule has 136 valence electrons. The van der Waals surface area contributed by atoms with Gasteiger partial charge in [-0.3, -0.25) is 4.98 Å². The lowest BCUT2D eigenvalue weighted by molar-refractivity contribution is 0.682. The number of pyridine rings is 1. The minimum atomic E-state index is 0.531. The van der Waals surface area contributed by atoms with Crippen LogP contribution in [0.2, 0.25) is 0 Å². The molecule has 0 N–H and O–H groups in total. The first-order valence-electron chi connectivity index (χ1n) is 9.65. The van der Waals surface area contributed by atoms with Gasteiger partial charge in [0, 0.05) is 11.6 Å². The molecule has 0 saturated carbocycles. The third-order valence-electron chi connectivity index (χ3n) is 4.64. The van der Waals surface area contributed by atoms with E-state index in [2.05, 4.69) is 82.0 Å². The Labute approximate surface area is 158 Å². The lowest BCUT2D eigenvalue weighted by atomic mass is 9.83. The molecule has 1 unspecified atom stereocenters. The maximum Gasteiger partial charge on any atom is 0.0743 e. The van der Waals surface area contributed by atoms with Crippen LogP contribution in [-0.2, 0) is 0 Å².